The van der Waals surface area contributed by atoms with Gasteiger partial charge in [0.1, 0.15) is 18.1 Å². The number of pyridine rings is 1. The largest absolute Gasteiger partial charge is 0.492 e. The first-order chi connectivity index (χ1) is 10.1. The summed E-state index contributed by atoms with van der Waals surface area (Å²) in [5.74, 6) is 0.566. The summed E-state index contributed by atoms with van der Waals surface area (Å²) >= 11 is 0. The summed E-state index contributed by atoms with van der Waals surface area (Å²) in [5.41, 5.74) is 1.71. The smallest absolute Gasteiger partial charge is 0.236 e. The van der Waals surface area contributed by atoms with Gasteiger partial charge in [-0.3, -0.25) is 9.71 Å². The number of sulfonamides is 1. The predicted octanol–water partition coefficient (Wildman–Crippen LogP) is 2.46. The fraction of sp³-hybridized carbons (Fsp3) is 0.267. The molecule has 0 aliphatic heterocycles. The lowest BCUT2D eigenvalue weighted by atomic mass is 10.2. The van der Waals surface area contributed by atoms with Crippen LogP contribution >= 0.6 is 0 Å². The van der Waals surface area contributed by atoms with Crippen LogP contribution in [0.4, 0.5) is 5.69 Å². The fourth-order valence-corrected chi connectivity index (χ4v) is 2.64. The van der Waals surface area contributed by atoms with Crippen molar-refractivity contribution in [1.82, 2.24) is 4.98 Å². The van der Waals surface area contributed by atoms with Crippen LogP contribution in [0.15, 0.2) is 48.8 Å². The number of hydrogen-bond acceptors (Lipinski definition) is 4. The summed E-state index contributed by atoms with van der Waals surface area (Å²) in [7, 11) is -3.42. The van der Waals surface area contributed by atoms with Crippen molar-refractivity contribution < 1.29 is 13.2 Å². The molecule has 0 unspecified atom stereocenters. The first-order valence-electron chi connectivity index (χ1n) is 6.71. The number of benzene rings is 1. The second kappa shape index (κ2) is 7.08. The van der Waals surface area contributed by atoms with Crippen molar-refractivity contribution in [2.75, 3.05) is 17.1 Å². The number of aromatic nitrogens is 1. The monoisotopic (exact) mass is 306 g/mol. The normalized spacial score (nSPS) is 11.1. The van der Waals surface area contributed by atoms with E-state index in [1.165, 1.54) is 18.0 Å². The van der Waals surface area contributed by atoms with E-state index < -0.39 is 10.0 Å². The fourth-order valence-electron chi connectivity index (χ4n) is 1.74. The molecule has 0 bridgehead atoms. The lowest BCUT2D eigenvalue weighted by Crippen LogP contribution is -2.21. The van der Waals surface area contributed by atoms with Crippen molar-refractivity contribution in [3.8, 4) is 5.75 Å². The van der Waals surface area contributed by atoms with Gasteiger partial charge in [-0.15, -0.1) is 0 Å². The van der Waals surface area contributed by atoms with E-state index in [9.17, 15) is 8.42 Å². The van der Waals surface area contributed by atoms with Gasteiger partial charge in [0.15, 0.2) is 0 Å². The first kappa shape index (κ1) is 15.3. The maximum atomic E-state index is 11.9. The molecule has 5 nitrogen and oxygen atoms in total. The molecular weight excluding hydrogens is 288 g/mol. The Morgan fingerprint density at radius 2 is 1.76 bits per heavy atom. The van der Waals surface area contributed by atoms with Gasteiger partial charge in [-0.2, -0.15) is 0 Å². The van der Waals surface area contributed by atoms with Gasteiger partial charge in [-0.25, -0.2) is 8.42 Å². The Balaban J connectivity index is 1.84. The van der Waals surface area contributed by atoms with Crippen molar-refractivity contribution >= 4 is 15.7 Å². The Morgan fingerprint density at radius 1 is 1.10 bits per heavy atom. The number of aryl methyl sites for hydroxylation is 1. The Labute approximate surface area is 125 Å². The maximum absolute atomic E-state index is 11.9. The van der Waals surface area contributed by atoms with Gasteiger partial charge in [0.25, 0.3) is 0 Å². The molecule has 6 heteroatoms. The third-order valence-corrected chi connectivity index (χ3v) is 4.16. The quantitative estimate of drug-likeness (QED) is 0.853. The standard InChI is InChI=1S/C15H18N2O3S/c1-2-13-3-5-15(6-4-13)20-11-12-21(18,19)17-14-7-9-16-10-8-14/h3-10H,2,11-12H2,1H3,(H,16,17). The third-order valence-electron chi connectivity index (χ3n) is 2.91. The summed E-state index contributed by atoms with van der Waals surface area (Å²) in [6.45, 7) is 2.18. The molecule has 0 aliphatic rings. The van der Waals surface area contributed by atoms with Gasteiger partial charge < -0.3 is 4.74 Å². The van der Waals surface area contributed by atoms with Crippen LogP contribution in [-0.4, -0.2) is 25.8 Å². The van der Waals surface area contributed by atoms with Crippen LogP contribution in [0.5, 0.6) is 5.75 Å². The average Bonchev–Trinajstić information content (AvgIpc) is 2.48. The van der Waals surface area contributed by atoms with E-state index in [-0.39, 0.29) is 12.4 Å². The summed E-state index contributed by atoms with van der Waals surface area (Å²) in [5, 5.41) is 0. The molecule has 0 spiro atoms. The summed E-state index contributed by atoms with van der Waals surface area (Å²) in [6, 6.07) is 10.8. The van der Waals surface area contributed by atoms with Gasteiger partial charge in [0.2, 0.25) is 10.0 Å². The Hall–Kier alpha value is -2.08. The minimum Gasteiger partial charge on any atom is -0.492 e. The number of hydrogen-bond donors (Lipinski definition) is 1. The highest BCUT2D eigenvalue weighted by Crippen LogP contribution is 2.13. The van der Waals surface area contributed by atoms with E-state index in [0.717, 1.165) is 6.42 Å². The number of nitrogens with zero attached hydrogens (tertiary/aromatic N) is 1. The minimum atomic E-state index is -3.42. The van der Waals surface area contributed by atoms with Gasteiger partial charge in [0, 0.05) is 12.4 Å². The molecule has 2 rings (SSSR count). The lowest BCUT2D eigenvalue weighted by molar-refractivity contribution is 0.341. The summed E-state index contributed by atoms with van der Waals surface area (Å²) in [4.78, 5) is 3.83. The highest BCUT2D eigenvalue weighted by Gasteiger charge is 2.10. The second-order valence-corrected chi connectivity index (χ2v) is 6.34. The molecule has 1 heterocycles. The van der Waals surface area contributed by atoms with Gasteiger partial charge in [-0.05, 0) is 36.2 Å². The topological polar surface area (TPSA) is 68.3 Å². The molecule has 0 fully saturated rings. The molecule has 2 aromatic rings. The van der Waals surface area contributed by atoms with Crippen molar-refractivity contribution in [3.63, 3.8) is 0 Å². The van der Waals surface area contributed by atoms with Crippen LogP contribution in [0.2, 0.25) is 0 Å². The highest BCUT2D eigenvalue weighted by atomic mass is 32.2. The molecule has 1 aromatic carbocycles. The van der Waals surface area contributed by atoms with E-state index >= 15 is 0 Å². The molecular formula is C15H18N2O3S. The van der Waals surface area contributed by atoms with Gasteiger partial charge in [-0.1, -0.05) is 19.1 Å². The van der Waals surface area contributed by atoms with E-state index in [1.54, 1.807) is 12.1 Å². The van der Waals surface area contributed by atoms with Gasteiger partial charge in [0.05, 0.1) is 5.69 Å². The zero-order chi connectivity index (χ0) is 15.1. The van der Waals surface area contributed by atoms with Crippen LogP contribution in [0.25, 0.3) is 0 Å². The van der Waals surface area contributed by atoms with Crippen LogP contribution < -0.4 is 9.46 Å². The van der Waals surface area contributed by atoms with Crippen molar-refractivity contribution in [2.45, 2.75) is 13.3 Å². The van der Waals surface area contributed by atoms with E-state index in [2.05, 4.69) is 16.6 Å². The number of nitrogens with one attached hydrogen (secondary N) is 1. The molecule has 0 aliphatic carbocycles. The molecule has 0 saturated heterocycles. The van der Waals surface area contributed by atoms with Crippen molar-refractivity contribution in [2.24, 2.45) is 0 Å². The molecule has 0 saturated carbocycles. The minimum absolute atomic E-state index is 0.103. The van der Waals surface area contributed by atoms with E-state index in [1.807, 2.05) is 24.3 Å². The molecule has 1 aromatic heterocycles. The summed E-state index contributed by atoms with van der Waals surface area (Å²) in [6.07, 6.45) is 4.03. The van der Waals surface area contributed by atoms with E-state index in [0.29, 0.717) is 11.4 Å². The zero-order valence-corrected chi connectivity index (χ0v) is 12.6. The molecule has 0 atom stereocenters. The number of anilines is 1. The third kappa shape index (κ3) is 5.07. The molecule has 21 heavy (non-hydrogen) atoms. The predicted molar refractivity (Wildman–Crippen MR) is 83.0 cm³/mol. The van der Waals surface area contributed by atoms with E-state index in [4.69, 9.17) is 4.74 Å². The lowest BCUT2D eigenvalue weighted by Gasteiger charge is -2.09. The molecule has 0 radical (unpaired) electrons. The average molecular weight is 306 g/mol. The van der Waals surface area contributed by atoms with Crippen molar-refractivity contribution in [3.05, 3.63) is 54.4 Å². The van der Waals surface area contributed by atoms with Crippen molar-refractivity contribution in [1.29, 1.82) is 0 Å². The Kier molecular flexibility index (Phi) is 5.16. The van der Waals surface area contributed by atoms with Gasteiger partial charge >= 0.3 is 0 Å². The van der Waals surface area contributed by atoms with Crippen LogP contribution in [0.3, 0.4) is 0 Å². The maximum Gasteiger partial charge on any atom is 0.236 e. The number of ether oxygens (including phenoxy) is 1. The highest BCUT2D eigenvalue weighted by molar-refractivity contribution is 7.92. The Bertz CT molecular complexity index is 655. The summed E-state index contributed by atoms with van der Waals surface area (Å²) < 4.78 is 31.7. The Morgan fingerprint density at radius 3 is 2.38 bits per heavy atom. The molecule has 0 amide bonds. The van der Waals surface area contributed by atoms with Crippen LogP contribution in [0, 0.1) is 0 Å². The van der Waals surface area contributed by atoms with Crippen LogP contribution in [-0.2, 0) is 16.4 Å². The zero-order valence-electron chi connectivity index (χ0n) is 11.8. The molecule has 112 valence electrons. The first-order valence-corrected chi connectivity index (χ1v) is 8.36. The molecule has 1 N–H and O–H groups in total. The SMILES string of the molecule is CCc1ccc(OCCS(=O)(=O)Nc2ccncc2)cc1. The number of rotatable bonds is 7. The second-order valence-electron chi connectivity index (χ2n) is 4.50. The van der Waals surface area contributed by atoms with Crippen LogP contribution in [0.1, 0.15) is 12.5 Å².